The van der Waals surface area contributed by atoms with Crippen LogP contribution in [0.4, 0.5) is 5.82 Å². The molecule has 1 aromatic heterocycles. The fraction of sp³-hybridized carbons (Fsp3) is 0.794. The Bertz CT molecular complexity index is 1160. The van der Waals surface area contributed by atoms with Crippen LogP contribution >= 0.6 is 0 Å². The van der Waals surface area contributed by atoms with Gasteiger partial charge in [-0.2, -0.15) is 0 Å². The molecule has 41 heavy (non-hydrogen) atoms. The molecule has 2 unspecified atom stereocenters. The third kappa shape index (κ3) is 4.98. The third-order valence-electron chi connectivity index (χ3n) is 12.8. The van der Waals surface area contributed by atoms with Crippen molar-refractivity contribution in [2.24, 2.45) is 40.4 Å². The van der Waals surface area contributed by atoms with Crippen LogP contribution in [0.1, 0.15) is 91.9 Å². The molecule has 5 aliphatic rings. The van der Waals surface area contributed by atoms with Crippen molar-refractivity contribution in [2.45, 2.75) is 104 Å². The molecule has 7 nitrogen and oxygen atoms in total. The first kappa shape index (κ1) is 28.9. The maximum absolute atomic E-state index is 13.4. The summed E-state index contributed by atoms with van der Waals surface area (Å²) in [4.78, 5) is 26.3. The molecule has 4 aliphatic carbocycles. The van der Waals surface area contributed by atoms with E-state index in [1.165, 1.54) is 32.1 Å². The average Bonchev–Trinajstić information content (AvgIpc) is 3.33. The highest BCUT2D eigenvalue weighted by molar-refractivity contribution is 5.76. The molecule has 1 aliphatic heterocycles. The number of fused-ring (bicyclic) bond motifs is 5. The van der Waals surface area contributed by atoms with Crippen LogP contribution in [-0.2, 0) is 4.79 Å². The van der Waals surface area contributed by atoms with E-state index in [1.807, 2.05) is 0 Å². The molecule has 7 heteroatoms. The molecule has 226 valence electrons. The summed E-state index contributed by atoms with van der Waals surface area (Å²) < 4.78 is 5.48. The molecule has 1 saturated heterocycles. The van der Waals surface area contributed by atoms with Crippen LogP contribution in [0.5, 0.6) is 5.75 Å². The molecule has 1 aromatic rings. The van der Waals surface area contributed by atoms with Crippen LogP contribution in [0.15, 0.2) is 24.2 Å². The SMILES string of the molecule is COc1cncnc1N1CCN(C(=O)CCC(C)[C@H]2CC[C@H]3[C@@H]4CC=C5C[C@@H](O)CC[C@]5(C)[C@H]4CC[C@]23C)CC1C. The number of piperazine rings is 1. The predicted molar refractivity (Wildman–Crippen MR) is 162 cm³/mol. The Labute approximate surface area is 247 Å². The minimum Gasteiger partial charge on any atom is -0.491 e. The zero-order valence-corrected chi connectivity index (χ0v) is 26.0. The number of carbonyl (C=O) groups excluding carboxylic acids is 1. The molecule has 0 radical (unpaired) electrons. The predicted octanol–water partition coefficient (Wildman–Crippen LogP) is 5.88. The summed E-state index contributed by atoms with van der Waals surface area (Å²) in [6, 6.07) is 0.179. The molecule has 0 aromatic carbocycles. The average molecular weight is 565 g/mol. The molecular formula is C34H52N4O3. The van der Waals surface area contributed by atoms with Crippen molar-refractivity contribution in [3.63, 3.8) is 0 Å². The van der Waals surface area contributed by atoms with Crippen LogP contribution in [-0.4, -0.2) is 64.8 Å². The first-order valence-corrected chi connectivity index (χ1v) is 16.4. The van der Waals surface area contributed by atoms with Gasteiger partial charge in [0.2, 0.25) is 5.91 Å². The van der Waals surface area contributed by atoms with E-state index in [0.717, 1.165) is 68.9 Å². The Morgan fingerprint density at radius 1 is 1.17 bits per heavy atom. The van der Waals surface area contributed by atoms with E-state index in [0.29, 0.717) is 40.7 Å². The number of hydrogen-bond donors (Lipinski definition) is 1. The zero-order valence-electron chi connectivity index (χ0n) is 26.0. The number of methoxy groups -OCH3 is 1. The van der Waals surface area contributed by atoms with Gasteiger partial charge in [0.25, 0.3) is 0 Å². The van der Waals surface area contributed by atoms with Crippen molar-refractivity contribution in [1.82, 2.24) is 14.9 Å². The van der Waals surface area contributed by atoms with Crippen molar-refractivity contribution in [3.8, 4) is 5.75 Å². The Balaban J connectivity index is 1.05. The lowest BCUT2D eigenvalue weighted by Gasteiger charge is -2.58. The number of aliphatic hydroxyl groups is 1. The molecule has 1 amide bonds. The second-order valence-electron chi connectivity index (χ2n) is 14.7. The minimum absolute atomic E-state index is 0.131. The second kappa shape index (κ2) is 11.2. The number of carbonyl (C=O) groups is 1. The van der Waals surface area contributed by atoms with Gasteiger partial charge in [0.05, 0.1) is 19.4 Å². The molecule has 6 rings (SSSR count). The number of nitrogens with zero attached hydrogens (tertiary/aromatic N) is 4. The molecule has 2 heterocycles. The van der Waals surface area contributed by atoms with Crippen LogP contribution in [0.3, 0.4) is 0 Å². The van der Waals surface area contributed by atoms with E-state index in [-0.39, 0.29) is 12.1 Å². The van der Waals surface area contributed by atoms with E-state index >= 15 is 0 Å². The number of allylic oxidation sites excluding steroid dienone is 1. The molecule has 9 atom stereocenters. The molecule has 3 saturated carbocycles. The number of anilines is 1. The van der Waals surface area contributed by atoms with Gasteiger partial charge >= 0.3 is 0 Å². The van der Waals surface area contributed by atoms with Gasteiger partial charge in [-0.05, 0) is 105 Å². The standard InChI is InChI=1S/C34H52N4O3/c1-22(6-11-31(40)37-16-17-38(23(2)20-37)32-30(41-5)19-35-21-36-32)27-9-10-28-26-8-7-24-18-25(39)12-14-33(24,3)29(26)13-15-34(27,28)4/h7,19,21-23,25-29,39H,6,8-18,20H2,1-5H3/t22?,23?,25-,26-,27+,28-,29-,33-,34+/m0/s1. The van der Waals surface area contributed by atoms with Crippen LogP contribution in [0.2, 0.25) is 0 Å². The molecular weight excluding hydrogens is 512 g/mol. The number of hydrogen-bond acceptors (Lipinski definition) is 6. The summed E-state index contributed by atoms with van der Waals surface area (Å²) in [5.74, 6) is 5.47. The molecule has 0 spiro atoms. The van der Waals surface area contributed by atoms with Crippen molar-refractivity contribution in [2.75, 3.05) is 31.6 Å². The smallest absolute Gasteiger partial charge is 0.222 e. The summed E-state index contributed by atoms with van der Waals surface area (Å²) in [6.45, 7) is 11.9. The summed E-state index contributed by atoms with van der Waals surface area (Å²) >= 11 is 0. The highest BCUT2D eigenvalue weighted by Crippen LogP contribution is 2.67. The Hall–Kier alpha value is -2.15. The minimum atomic E-state index is -0.131. The van der Waals surface area contributed by atoms with E-state index in [4.69, 9.17) is 4.74 Å². The summed E-state index contributed by atoms with van der Waals surface area (Å²) in [7, 11) is 1.65. The fourth-order valence-electron chi connectivity index (χ4n) is 10.5. The summed E-state index contributed by atoms with van der Waals surface area (Å²) in [5, 5.41) is 10.3. The maximum atomic E-state index is 13.4. The maximum Gasteiger partial charge on any atom is 0.222 e. The molecule has 4 fully saturated rings. The van der Waals surface area contributed by atoms with Gasteiger partial charge in [-0.1, -0.05) is 32.4 Å². The van der Waals surface area contributed by atoms with Gasteiger partial charge in [0.1, 0.15) is 6.33 Å². The quantitative estimate of drug-likeness (QED) is 0.435. The number of aliphatic hydroxyl groups excluding tert-OH is 1. The molecule has 0 bridgehead atoms. The van der Waals surface area contributed by atoms with E-state index < -0.39 is 0 Å². The summed E-state index contributed by atoms with van der Waals surface area (Å²) in [6.07, 6.45) is 16.9. The van der Waals surface area contributed by atoms with E-state index in [1.54, 1.807) is 25.2 Å². The van der Waals surface area contributed by atoms with Gasteiger partial charge in [-0.15, -0.1) is 0 Å². The monoisotopic (exact) mass is 564 g/mol. The Morgan fingerprint density at radius 2 is 2.00 bits per heavy atom. The molecule has 1 N–H and O–H groups in total. The van der Waals surface area contributed by atoms with Gasteiger partial charge in [-0.3, -0.25) is 4.79 Å². The summed E-state index contributed by atoms with van der Waals surface area (Å²) in [5.41, 5.74) is 2.27. The topological polar surface area (TPSA) is 78.8 Å². The van der Waals surface area contributed by atoms with E-state index in [9.17, 15) is 9.90 Å². The lowest BCUT2D eigenvalue weighted by Crippen LogP contribution is -2.54. The largest absolute Gasteiger partial charge is 0.491 e. The van der Waals surface area contributed by atoms with Crippen molar-refractivity contribution < 1.29 is 14.6 Å². The van der Waals surface area contributed by atoms with Gasteiger partial charge in [0.15, 0.2) is 11.6 Å². The number of ether oxygens (including phenoxy) is 1. The lowest BCUT2D eigenvalue weighted by atomic mass is 9.47. The number of amides is 1. The first-order chi connectivity index (χ1) is 19.7. The van der Waals surface area contributed by atoms with Crippen molar-refractivity contribution in [3.05, 3.63) is 24.2 Å². The highest BCUT2D eigenvalue weighted by Gasteiger charge is 2.59. The van der Waals surface area contributed by atoms with Crippen LogP contribution < -0.4 is 9.64 Å². The van der Waals surface area contributed by atoms with Crippen LogP contribution in [0.25, 0.3) is 0 Å². The number of rotatable bonds is 6. The number of aromatic nitrogens is 2. The zero-order chi connectivity index (χ0) is 28.9. The van der Waals surface area contributed by atoms with Crippen molar-refractivity contribution >= 4 is 11.7 Å². The first-order valence-electron chi connectivity index (χ1n) is 16.4. The van der Waals surface area contributed by atoms with Crippen LogP contribution in [0, 0.1) is 40.4 Å². The Morgan fingerprint density at radius 3 is 2.78 bits per heavy atom. The van der Waals surface area contributed by atoms with Gasteiger partial charge in [-0.25, -0.2) is 9.97 Å². The van der Waals surface area contributed by atoms with Gasteiger partial charge < -0.3 is 19.6 Å². The third-order valence-corrected chi connectivity index (χ3v) is 12.8. The highest BCUT2D eigenvalue weighted by atomic mass is 16.5. The normalized spacial score (nSPS) is 39.3. The van der Waals surface area contributed by atoms with Crippen molar-refractivity contribution in [1.29, 1.82) is 0 Å². The van der Waals surface area contributed by atoms with Gasteiger partial charge in [0, 0.05) is 32.1 Å². The fourth-order valence-corrected chi connectivity index (χ4v) is 10.5. The second-order valence-corrected chi connectivity index (χ2v) is 14.7. The Kier molecular flexibility index (Phi) is 7.88. The lowest BCUT2D eigenvalue weighted by molar-refractivity contribution is -0.132. The van der Waals surface area contributed by atoms with E-state index in [2.05, 4.69) is 53.5 Å².